The number of rotatable bonds is 5. The Morgan fingerprint density at radius 2 is 1.95 bits per heavy atom. The Morgan fingerprint density at radius 1 is 1.25 bits per heavy atom. The van der Waals surface area contributed by atoms with Gasteiger partial charge in [-0.25, -0.2) is 0 Å². The van der Waals surface area contributed by atoms with Gasteiger partial charge in [0.25, 0.3) is 5.91 Å². The monoisotopic (exact) mass is 291 g/mol. The van der Waals surface area contributed by atoms with Crippen molar-refractivity contribution in [3.63, 3.8) is 0 Å². The molecule has 0 radical (unpaired) electrons. The van der Waals surface area contributed by atoms with Gasteiger partial charge in [0.2, 0.25) is 0 Å². The highest BCUT2D eigenvalue weighted by Gasteiger charge is 2.15. The minimum absolute atomic E-state index is 0.0440. The number of benzene rings is 1. The van der Waals surface area contributed by atoms with Crippen LogP contribution in [0.3, 0.4) is 0 Å². The van der Waals surface area contributed by atoms with E-state index in [1.165, 1.54) is 12.1 Å². The van der Waals surface area contributed by atoms with Crippen LogP contribution in [-0.2, 0) is 13.1 Å². The molecule has 1 heterocycles. The van der Waals surface area contributed by atoms with E-state index < -0.39 is 4.92 Å². The lowest BCUT2D eigenvalue weighted by Crippen LogP contribution is -2.22. The first-order chi connectivity index (χ1) is 9.61. The Bertz CT molecular complexity index is 639. The van der Waals surface area contributed by atoms with Crippen molar-refractivity contribution in [2.75, 3.05) is 0 Å². The Kier molecular flexibility index (Phi) is 4.44. The van der Waals surface area contributed by atoms with Gasteiger partial charge in [0, 0.05) is 19.2 Å². The van der Waals surface area contributed by atoms with Crippen LogP contribution in [0, 0.1) is 10.1 Å². The summed E-state index contributed by atoms with van der Waals surface area (Å²) in [7, 11) is 0. The minimum atomic E-state index is -0.509. The third-order valence-electron chi connectivity index (χ3n) is 2.77. The van der Waals surface area contributed by atoms with Crippen LogP contribution in [0.25, 0.3) is 0 Å². The molecule has 2 aromatic rings. The fourth-order valence-corrected chi connectivity index (χ4v) is 2.48. The number of hydrogen-bond donors (Lipinski definition) is 2. The quantitative estimate of drug-likeness (QED) is 0.650. The molecule has 0 bridgehead atoms. The maximum absolute atomic E-state index is 11.9. The van der Waals surface area contributed by atoms with Crippen molar-refractivity contribution in [2.24, 2.45) is 5.73 Å². The zero-order valence-corrected chi connectivity index (χ0v) is 11.4. The summed E-state index contributed by atoms with van der Waals surface area (Å²) < 4.78 is 0. The summed E-state index contributed by atoms with van der Waals surface area (Å²) in [5.41, 5.74) is 7.52. The van der Waals surface area contributed by atoms with Gasteiger partial charge in [-0.15, -0.1) is 0 Å². The van der Waals surface area contributed by atoms with E-state index in [1.807, 2.05) is 24.3 Å². The number of carbonyl (C=O) groups excluding carboxylic acids is 1. The maximum Gasteiger partial charge on any atom is 0.324 e. The van der Waals surface area contributed by atoms with Crippen LogP contribution in [0.15, 0.2) is 36.4 Å². The lowest BCUT2D eigenvalue weighted by Gasteiger charge is -2.08. The number of nitro groups is 1. The van der Waals surface area contributed by atoms with Gasteiger partial charge in [0.1, 0.15) is 0 Å². The average Bonchev–Trinajstić information content (AvgIpc) is 2.95. The van der Waals surface area contributed by atoms with Gasteiger partial charge in [0.05, 0.1) is 9.80 Å². The van der Waals surface area contributed by atoms with Gasteiger partial charge in [-0.1, -0.05) is 35.6 Å². The van der Waals surface area contributed by atoms with E-state index in [2.05, 4.69) is 5.32 Å². The van der Waals surface area contributed by atoms with Gasteiger partial charge in [-0.2, -0.15) is 0 Å². The van der Waals surface area contributed by atoms with Crippen LogP contribution in [0.2, 0.25) is 0 Å². The van der Waals surface area contributed by atoms with Crippen molar-refractivity contribution in [2.45, 2.75) is 13.1 Å². The highest BCUT2D eigenvalue weighted by molar-refractivity contribution is 7.17. The predicted octanol–water partition coefficient (Wildman–Crippen LogP) is 2.04. The Labute approximate surface area is 119 Å². The standard InChI is InChI=1S/C13H13N3O3S/c14-7-9-3-1-2-4-10(9)8-15-13(17)11-5-6-12(20-11)16(18)19/h1-6H,7-8,14H2,(H,15,17). The lowest BCUT2D eigenvalue weighted by molar-refractivity contribution is -0.380. The number of hydrogen-bond acceptors (Lipinski definition) is 5. The van der Waals surface area contributed by atoms with Crippen LogP contribution in [0.5, 0.6) is 0 Å². The molecule has 3 N–H and O–H groups in total. The summed E-state index contributed by atoms with van der Waals surface area (Å²) in [6.07, 6.45) is 0. The van der Waals surface area contributed by atoms with Gasteiger partial charge in [-0.05, 0) is 17.2 Å². The Balaban J connectivity index is 2.03. The smallest absolute Gasteiger partial charge is 0.324 e. The summed E-state index contributed by atoms with van der Waals surface area (Å²) in [5.74, 6) is -0.324. The van der Waals surface area contributed by atoms with Gasteiger partial charge < -0.3 is 11.1 Å². The van der Waals surface area contributed by atoms with E-state index in [1.54, 1.807) is 0 Å². The second kappa shape index (κ2) is 6.27. The van der Waals surface area contributed by atoms with Gasteiger partial charge in [0.15, 0.2) is 0 Å². The number of carbonyl (C=O) groups is 1. The van der Waals surface area contributed by atoms with Crippen molar-refractivity contribution in [1.82, 2.24) is 5.32 Å². The number of thiophene rings is 1. The van der Waals surface area contributed by atoms with Crippen molar-refractivity contribution in [1.29, 1.82) is 0 Å². The van der Waals surface area contributed by atoms with Crippen LogP contribution in [0.4, 0.5) is 5.00 Å². The fourth-order valence-electron chi connectivity index (χ4n) is 1.74. The van der Waals surface area contributed by atoms with E-state index in [0.717, 1.165) is 22.5 Å². The van der Waals surface area contributed by atoms with Gasteiger partial charge in [-0.3, -0.25) is 14.9 Å². The molecule has 0 aliphatic carbocycles. The van der Waals surface area contributed by atoms with E-state index in [0.29, 0.717) is 18.0 Å². The normalized spacial score (nSPS) is 10.2. The molecule has 0 saturated heterocycles. The highest BCUT2D eigenvalue weighted by Crippen LogP contribution is 2.23. The fraction of sp³-hybridized carbons (Fsp3) is 0.154. The molecule has 20 heavy (non-hydrogen) atoms. The lowest BCUT2D eigenvalue weighted by atomic mass is 10.1. The van der Waals surface area contributed by atoms with E-state index >= 15 is 0 Å². The van der Waals surface area contributed by atoms with Crippen molar-refractivity contribution in [3.05, 3.63) is 62.5 Å². The van der Waals surface area contributed by atoms with E-state index in [4.69, 9.17) is 5.73 Å². The number of nitrogens with one attached hydrogen (secondary N) is 1. The first kappa shape index (κ1) is 14.2. The Morgan fingerprint density at radius 3 is 2.55 bits per heavy atom. The largest absolute Gasteiger partial charge is 0.347 e. The second-order valence-corrected chi connectivity index (χ2v) is 5.11. The molecule has 0 aliphatic rings. The third-order valence-corrected chi connectivity index (χ3v) is 3.81. The zero-order valence-electron chi connectivity index (χ0n) is 10.5. The van der Waals surface area contributed by atoms with Gasteiger partial charge >= 0.3 is 5.00 Å². The molecular weight excluding hydrogens is 278 g/mol. The average molecular weight is 291 g/mol. The van der Waals surface area contributed by atoms with Crippen molar-refractivity contribution >= 4 is 22.2 Å². The zero-order chi connectivity index (χ0) is 14.5. The summed E-state index contributed by atoms with van der Waals surface area (Å²) >= 11 is 0.858. The molecule has 0 unspecified atom stereocenters. The summed E-state index contributed by atoms with van der Waals surface area (Å²) in [6, 6.07) is 10.3. The van der Waals surface area contributed by atoms with Crippen LogP contribution >= 0.6 is 11.3 Å². The molecule has 0 atom stereocenters. The molecule has 2 rings (SSSR count). The summed E-state index contributed by atoms with van der Waals surface area (Å²) in [6.45, 7) is 0.744. The Hall–Kier alpha value is -2.25. The molecule has 1 aromatic heterocycles. The summed E-state index contributed by atoms with van der Waals surface area (Å²) in [4.78, 5) is 22.3. The molecule has 0 fully saturated rings. The van der Waals surface area contributed by atoms with Crippen LogP contribution < -0.4 is 11.1 Å². The molecule has 0 spiro atoms. The number of nitrogens with zero attached hydrogens (tertiary/aromatic N) is 1. The van der Waals surface area contributed by atoms with E-state index in [9.17, 15) is 14.9 Å². The molecule has 1 aromatic carbocycles. The van der Waals surface area contributed by atoms with Crippen LogP contribution in [-0.4, -0.2) is 10.8 Å². The molecule has 104 valence electrons. The third kappa shape index (κ3) is 3.19. The van der Waals surface area contributed by atoms with Crippen molar-refractivity contribution in [3.8, 4) is 0 Å². The number of nitrogens with two attached hydrogens (primary N) is 1. The molecular formula is C13H13N3O3S. The van der Waals surface area contributed by atoms with E-state index in [-0.39, 0.29) is 10.9 Å². The molecule has 1 amide bonds. The molecule has 7 heteroatoms. The first-order valence-corrected chi connectivity index (χ1v) is 6.72. The predicted molar refractivity (Wildman–Crippen MR) is 76.5 cm³/mol. The molecule has 0 saturated carbocycles. The molecule has 6 nitrogen and oxygen atoms in total. The second-order valence-electron chi connectivity index (χ2n) is 4.05. The van der Waals surface area contributed by atoms with Crippen LogP contribution in [0.1, 0.15) is 20.8 Å². The highest BCUT2D eigenvalue weighted by atomic mass is 32.1. The molecule has 0 aliphatic heterocycles. The summed E-state index contributed by atoms with van der Waals surface area (Å²) in [5, 5.41) is 13.3. The number of amides is 1. The minimum Gasteiger partial charge on any atom is -0.347 e. The van der Waals surface area contributed by atoms with Crippen molar-refractivity contribution < 1.29 is 9.72 Å². The topological polar surface area (TPSA) is 98.3 Å². The first-order valence-electron chi connectivity index (χ1n) is 5.91. The SMILES string of the molecule is NCc1ccccc1CNC(=O)c1ccc([N+](=O)[O-])s1. The maximum atomic E-state index is 11.9.